The molecule has 1 unspecified atom stereocenters. The molecule has 4 aliphatic rings. The Morgan fingerprint density at radius 2 is 1.49 bits per heavy atom. The van der Waals surface area contributed by atoms with E-state index in [1.54, 1.807) is 14.2 Å². The lowest BCUT2D eigenvalue weighted by Gasteiger charge is -2.37. The summed E-state index contributed by atoms with van der Waals surface area (Å²) in [5.41, 5.74) is 7.19. The lowest BCUT2D eigenvalue weighted by molar-refractivity contribution is 0.0754. The molecule has 270 valence electrons. The van der Waals surface area contributed by atoms with Crippen molar-refractivity contribution in [3.63, 3.8) is 0 Å². The van der Waals surface area contributed by atoms with Crippen LogP contribution in [0.3, 0.4) is 0 Å². The number of hydrogen-bond donors (Lipinski definition) is 1. The summed E-state index contributed by atoms with van der Waals surface area (Å²) in [7, 11) is 9.70. The minimum absolute atomic E-state index is 0.0379. The summed E-state index contributed by atoms with van der Waals surface area (Å²) >= 11 is 0. The van der Waals surface area contributed by atoms with Gasteiger partial charge in [-0.25, -0.2) is 0 Å². The summed E-state index contributed by atoms with van der Waals surface area (Å²) in [6.45, 7) is 5.37. The van der Waals surface area contributed by atoms with Crippen molar-refractivity contribution < 1.29 is 28.8 Å². The Bertz CT molecular complexity index is 1850. The standard InChI is InChI=1S/C42H51N3O6/c1-7-43(2)25-31(46)26-49-41-39(48-6)23-30-17-19-45(4)36-21-28-10-15-37(47-5)38(22-28)50-32-12-8-27(9-13-32)20-35-34-24-33(51-42(41)40(30)36)14-11-29(34)16-18-44(35)3/h8-15,22-24,31,35-36,46H,7,16-21,25-26H2,1-6H3/t31?,35-,36-/m0/s1. The van der Waals surface area contributed by atoms with E-state index in [4.69, 9.17) is 23.7 Å². The molecule has 6 bridgehead atoms. The molecular formula is C42H51N3O6. The maximum absolute atomic E-state index is 11.0. The summed E-state index contributed by atoms with van der Waals surface area (Å²) in [4.78, 5) is 6.89. The van der Waals surface area contributed by atoms with Gasteiger partial charge in [-0.3, -0.25) is 9.80 Å². The molecule has 8 rings (SSSR count). The summed E-state index contributed by atoms with van der Waals surface area (Å²) in [6, 6.07) is 23.4. The monoisotopic (exact) mass is 693 g/mol. The molecule has 4 aromatic rings. The van der Waals surface area contributed by atoms with E-state index in [1.807, 2.05) is 13.1 Å². The van der Waals surface area contributed by atoms with Crippen LogP contribution in [0.5, 0.6) is 40.2 Å². The number of aliphatic hydroxyl groups is 1. The maximum Gasteiger partial charge on any atom is 0.204 e. The molecule has 0 aliphatic carbocycles. The van der Waals surface area contributed by atoms with Crippen LogP contribution in [0.4, 0.5) is 0 Å². The van der Waals surface area contributed by atoms with E-state index in [1.165, 1.54) is 16.7 Å². The first kappa shape index (κ1) is 35.1. The molecule has 9 nitrogen and oxygen atoms in total. The minimum atomic E-state index is -0.688. The van der Waals surface area contributed by atoms with Gasteiger partial charge >= 0.3 is 0 Å². The average molecular weight is 694 g/mol. The second-order valence-electron chi connectivity index (χ2n) is 14.2. The van der Waals surface area contributed by atoms with E-state index in [-0.39, 0.29) is 18.7 Å². The Kier molecular flexibility index (Phi) is 10.4. The molecule has 9 heteroatoms. The molecular weight excluding hydrogens is 642 g/mol. The molecule has 0 fully saturated rings. The van der Waals surface area contributed by atoms with Crippen molar-refractivity contribution in [2.24, 2.45) is 0 Å². The fourth-order valence-electron chi connectivity index (χ4n) is 7.74. The predicted molar refractivity (Wildman–Crippen MR) is 199 cm³/mol. The van der Waals surface area contributed by atoms with Crippen LogP contribution in [0.25, 0.3) is 0 Å². The summed E-state index contributed by atoms with van der Waals surface area (Å²) in [6.07, 6.45) is 2.68. The Hall–Kier alpha value is -4.28. The van der Waals surface area contributed by atoms with Crippen molar-refractivity contribution in [1.29, 1.82) is 0 Å². The highest BCUT2D eigenvalue weighted by molar-refractivity contribution is 5.63. The third kappa shape index (κ3) is 7.39. The maximum atomic E-state index is 11.0. The van der Waals surface area contributed by atoms with Crippen molar-refractivity contribution in [2.75, 3.05) is 68.1 Å². The fourth-order valence-corrected chi connectivity index (χ4v) is 7.74. The van der Waals surface area contributed by atoms with E-state index in [0.717, 1.165) is 67.1 Å². The first-order valence-corrected chi connectivity index (χ1v) is 18.1. The third-order valence-corrected chi connectivity index (χ3v) is 10.8. The Labute approximate surface area is 302 Å². The van der Waals surface area contributed by atoms with E-state index in [0.29, 0.717) is 41.7 Å². The van der Waals surface area contributed by atoms with Gasteiger partial charge in [0.1, 0.15) is 24.2 Å². The Morgan fingerprint density at radius 1 is 0.804 bits per heavy atom. The van der Waals surface area contributed by atoms with Gasteiger partial charge in [0.15, 0.2) is 23.0 Å². The minimum Gasteiger partial charge on any atom is -0.493 e. The molecule has 4 aliphatic heterocycles. The number of ether oxygens (including phenoxy) is 5. The van der Waals surface area contributed by atoms with Gasteiger partial charge in [0.25, 0.3) is 0 Å². The number of fused-ring (bicyclic) bond motifs is 2. The zero-order chi connectivity index (χ0) is 35.6. The van der Waals surface area contributed by atoms with Crippen LogP contribution in [-0.4, -0.2) is 94.1 Å². The number of rotatable bonds is 8. The lowest BCUT2D eigenvalue weighted by atomic mass is 9.87. The van der Waals surface area contributed by atoms with Gasteiger partial charge < -0.3 is 33.7 Å². The van der Waals surface area contributed by atoms with Crippen LogP contribution in [-0.2, 0) is 25.7 Å². The molecule has 0 amide bonds. The molecule has 0 spiro atoms. The summed E-state index contributed by atoms with van der Waals surface area (Å²) < 4.78 is 31.8. The lowest BCUT2D eigenvalue weighted by Crippen LogP contribution is -2.34. The van der Waals surface area contributed by atoms with Gasteiger partial charge in [-0.2, -0.15) is 0 Å². The SMILES string of the molecule is CCN(C)CC(O)COc1c(OC)cc2c3c1Oc1ccc4c(c1)[C@H](Cc1ccc(cc1)Oc1cc(ccc1OC)C[C@@H]3N(C)CC2)N(C)CC4. The van der Waals surface area contributed by atoms with Gasteiger partial charge in [0, 0.05) is 37.3 Å². The van der Waals surface area contributed by atoms with Gasteiger partial charge in [0.2, 0.25) is 5.75 Å². The topological polar surface area (TPSA) is 76.1 Å². The predicted octanol–water partition coefficient (Wildman–Crippen LogP) is 6.84. The smallest absolute Gasteiger partial charge is 0.204 e. The van der Waals surface area contributed by atoms with Gasteiger partial charge in [-0.15, -0.1) is 0 Å². The summed E-state index contributed by atoms with van der Waals surface area (Å²) in [5.74, 6) is 4.63. The fraction of sp³-hybridized carbons (Fsp3) is 0.429. The normalized spacial score (nSPS) is 19.3. The van der Waals surface area contributed by atoms with Crippen LogP contribution in [0.1, 0.15) is 52.4 Å². The third-order valence-electron chi connectivity index (χ3n) is 10.8. The van der Waals surface area contributed by atoms with Gasteiger partial charge in [0.05, 0.1) is 14.2 Å². The quantitative estimate of drug-likeness (QED) is 0.214. The van der Waals surface area contributed by atoms with Crippen LogP contribution >= 0.6 is 0 Å². The van der Waals surface area contributed by atoms with Gasteiger partial charge in [-0.05, 0) is 124 Å². The highest BCUT2D eigenvalue weighted by atomic mass is 16.5. The van der Waals surface area contributed by atoms with Crippen LogP contribution in [0.2, 0.25) is 0 Å². The van der Waals surface area contributed by atoms with E-state index in [2.05, 4.69) is 96.4 Å². The molecule has 4 heterocycles. The largest absolute Gasteiger partial charge is 0.493 e. The van der Waals surface area contributed by atoms with Crippen molar-refractivity contribution in [3.8, 4) is 40.2 Å². The van der Waals surface area contributed by atoms with E-state index < -0.39 is 6.10 Å². The number of likely N-dealkylation sites (N-methyl/N-ethyl adjacent to an activating group) is 3. The van der Waals surface area contributed by atoms with Crippen molar-refractivity contribution in [2.45, 2.75) is 50.8 Å². The molecule has 0 radical (unpaired) electrons. The van der Waals surface area contributed by atoms with Crippen LogP contribution < -0.4 is 23.7 Å². The van der Waals surface area contributed by atoms with Crippen molar-refractivity contribution in [1.82, 2.24) is 14.7 Å². The number of nitrogens with zero attached hydrogens (tertiary/aromatic N) is 3. The molecule has 3 atom stereocenters. The molecule has 1 N–H and O–H groups in total. The van der Waals surface area contributed by atoms with Gasteiger partial charge in [-0.1, -0.05) is 31.2 Å². The van der Waals surface area contributed by atoms with E-state index >= 15 is 0 Å². The number of methoxy groups -OCH3 is 2. The Morgan fingerprint density at radius 3 is 2.24 bits per heavy atom. The zero-order valence-corrected chi connectivity index (χ0v) is 30.8. The molecule has 0 saturated heterocycles. The average Bonchev–Trinajstić information content (AvgIpc) is 3.13. The van der Waals surface area contributed by atoms with E-state index in [9.17, 15) is 5.11 Å². The number of hydrogen-bond acceptors (Lipinski definition) is 9. The number of benzene rings is 4. The second-order valence-corrected chi connectivity index (χ2v) is 14.2. The molecule has 0 aromatic heterocycles. The first-order valence-electron chi connectivity index (χ1n) is 18.1. The molecule has 0 saturated carbocycles. The zero-order valence-electron chi connectivity index (χ0n) is 30.8. The molecule has 4 aromatic carbocycles. The molecule has 51 heavy (non-hydrogen) atoms. The Balaban J connectivity index is 1.40. The van der Waals surface area contributed by atoms with Crippen LogP contribution in [0.15, 0.2) is 66.7 Å². The highest BCUT2D eigenvalue weighted by Crippen LogP contribution is 2.51. The van der Waals surface area contributed by atoms with Crippen molar-refractivity contribution in [3.05, 3.63) is 100 Å². The first-order chi connectivity index (χ1) is 24.7. The van der Waals surface area contributed by atoms with Crippen LogP contribution in [0, 0.1) is 0 Å². The second kappa shape index (κ2) is 15.1. The highest BCUT2D eigenvalue weighted by Gasteiger charge is 2.34. The number of aliphatic hydroxyl groups excluding tert-OH is 1. The summed E-state index contributed by atoms with van der Waals surface area (Å²) in [5, 5.41) is 11.0. The van der Waals surface area contributed by atoms with Crippen molar-refractivity contribution >= 4 is 0 Å².